The summed E-state index contributed by atoms with van der Waals surface area (Å²) in [5.41, 5.74) is 1.07. The average molecular weight is 320 g/mol. The van der Waals surface area contributed by atoms with Gasteiger partial charge in [-0.15, -0.1) is 11.3 Å². The Kier molecular flexibility index (Phi) is 4.32. The molecule has 1 aliphatic rings. The Morgan fingerprint density at radius 2 is 2.14 bits per heavy atom. The third-order valence-corrected chi connectivity index (χ3v) is 5.35. The van der Waals surface area contributed by atoms with E-state index in [0.29, 0.717) is 6.04 Å². The molecule has 21 heavy (non-hydrogen) atoms. The normalized spacial score (nSPS) is 18.8. The number of piperidine rings is 1. The summed E-state index contributed by atoms with van der Waals surface area (Å²) in [6, 6.07) is 12.1. The van der Waals surface area contributed by atoms with E-state index in [9.17, 15) is 4.79 Å². The van der Waals surface area contributed by atoms with Crippen molar-refractivity contribution in [2.45, 2.75) is 32.2 Å². The van der Waals surface area contributed by atoms with Crippen LogP contribution in [-0.4, -0.2) is 23.4 Å². The molecule has 1 amide bonds. The smallest absolute Gasteiger partial charge is 0.264 e. The maximum absolute atomic E-state index is 12.6. The lowest BCUT2D eigenvalue weighted by Crippen LogP contribution is -2.41. The summed E-state index contributed by atoms with van der Waals surface area (Å²) < 4.78 is 0. The molecule has 0 aliphatic carbocycles. The highest BCUT2D eigenvalue weighted by Gasteiger charge is 2.25. The van der Waals surface area contributed by atoms with Crippen LogP contribution in [0.5, 0.6) is 0 Å². The van der Waals surface area contributed by atoms with Gasteiger partial charge in [0.05, 0.1) is 4.88 Å². The number of hydrogen-bond acceptors (Lipinski definition) is 2. The second-order valence-electron chi connectivity index (χ2n) is 5.52. The number of nitrogens with zero attached hydrogens (tertiary/aromatic N) is 1. The van der Waals surface area contributed by atoms with Crippen molar-refractivity contribution in [3.05, 3.63) is 46.3 Å². The number of hydrogen-bond donors (Lipinski definition) is 0. The number of carbonyl (C=O) groups is 1. The second kappa shape index (κ2) is 6.20. The Morgan fingerprint density at radius 1 is 1.29 bits per heavy atom. The standard InChI is InChI=1S/C17H18ClNOS/c1-12-5-2-3-10-19(12)17(20)16-9-8-15(21-16)13-6-4-7-14(18)11-13/h4,6-9,11-12H,2-3,5,10H2,1H3/t12-/m0/s1. The van der Waals surface area contributed by atoms with E-state index < -0.39 is 0 Å². The molecule has 0 radical (unpaired) electrons. The van der Waals surface area contributed by atoms with Gasteiger partial charge >= 0.3 is 0 Å². The fraction of sp³-hybridized carbons (Fsp3) is 0.353. The molecule has 1 saturated heterocycles. The lowest BCUT2D eigenvalue weighted by Gasteiger charge is -2.33. The van der Waals surface area contributed by atoms with Gasteiger partial charge in [-0.1, -0.05) is 23.7 Å². The monoisotopic (exact) mass is 319 g/mol. The van der Waals surface area contributed by atoms with Crippen molar-refractivity contribution in [2.75, 3.05) is 6.54 Å². The predicted octanol–water partition coefficient (Wildman–Crippen LogP) is 5.08. The molecule has 3 rings (SSSR count). The highest BCUT2D eigenvalue weighted by Crippen LogP contribution is 2.31. The fourth-order valence-corrected chi connectivity index (χ4v) is 3.94. The van der Waals surface area contributed by atoms with Gasteiger partial charge in [0, 0.05) is 22.5 Å². The summed E-state index contributed by atoms with van der Waals surface area (Å²) in [5.74, 6) is 0.167. The molecule has 110 valence electrons. The fourth-order valence-electron chi connectivity index (χ4n) is 2.79. The minimum Gasteiger partial charge on any atom is -0.335 e. The first-order chi connectivity index (χ1) is 10.1. The van der Waals surface area contributed by atoms with Gasteiger partial charge in [-0.05, 0) is 56.0 Å². The van der Waals surface area contributed by atoms with Crippen LogP contribution in [0.2, 0.25) is 5.02 Å². The third kappa shape index (κ3) is 3.14. The summed E-state index contributed by atoms with van der Waals surface area (Å²) >= 11 is 7.58. The van der Waals surface area contributed by atoms with E-state index in [-0.39, 0.29) is 5.91 Å². The lowest BCUT2D eigenvalue weighted by atomic mass is 10.0. The van der Waals surface area contributed by atoms with Crippen molar-refractivity contribution >= 4 is 28.8 Å². The van der Waals surface area contributed by atoms with Crippen LogP contribution in [0.3, 0.4) is 0 Å². The van der Waals surface area contributed by atoms with Crippen molar-refractivity contribution in [3.8, 4) is 10.4 Å². The molecule has 4 heteroatoms. The van der Waals surface area contributed by atoms with Crippen molar-refractivity contribution in [2.24, 2.45) is 0 Å². The lowest BCUT2D eigenvalue weighted by molar-refractivity contribution is 0.0640. The number of likely N-dealkylation sites (tertiary alicyclic amines) is 1. The van der Waals surface area contributed by atoms with Crippen molar-refractivity contribution in [1.29, 1.82) is 0 Å². The number of thiophene rings is 1. The molecule has 0 saturated carbocycles. The Hall–Kier alpha value is -1.32. The van der Waals surface area contributed by atoms with E-state index in [1.807, 2.05) is 41.3 Å². The zero-order valence-corrected chi connectivity index (χ0v) is 13.6. The van der Waals surface area contributed by atoms with Crippen molar-refractivity contribution in [3.63, 3.8) is 0 Å². The summed E-state index contributed by atoms with van der Waals surface area (Å²) in [6.45, 7) is 3.02. The molecule has 0 unspecified atom stereocenters. The minimum absolute atomic E-state index is 0.167. The van der Waals surface area contributed by atoms with E-state index in [4.69, 9.17) is 11.6 Å². The number of amides is 1. The predicted molar refractivity (Wildman–Crippen MR) is 89.1 cm³/mol. The quantitative estimate of drug-likeness (QED) is 0.755. The summed E-state index contributed by atoms with van der Waals surface area (Å²) in [5, 5.41) is 0.721. The van der Waals surface area contributed by atoms with E-state index in [0.717, 1.165) is 39.7 Å². The first-order valence-electron chi connectivity index (χ1n) is 7.32. The molecule has 1 aromatic carbocycles. The molecule has 2 nitrogen and oxygen atoms in total. The van der Waals surface area contributed by atoms with Crippen LogP contribution < -0.4 is 0 Å². The van der Waals surface area contributed by atoms with E-state index in [1.165, 1.54) is 6.42 Å². The number of halogens is 1. The number of carbonyl (C=O) groups excluding carboxylic acids is 1. The van der Waals surface area contributed by atoms with Crippen LogP contribution >= 0.6 is 22.9 Å². The number of rotatable bonds is 2. The molecule has 0 spiro atoms. The average Bonchev–Trinajstić information content (AvgIpc) is 2.97. The van der Waals surface area contributed by atoms with Crippen molar-refractivity contribution < 1.29 is 4.79 Å². The summed E-state index contributed by atoms with van der Waals surface area (Å²) in [4.78, 5) is 16.5. The van der Waals surface area contributed by atoms with Gasteiger partial charge < -0.3 is 4.90 Å². The molecular formula is C17H18ClNOS. The van der Waals surface area contributed by atoms with E-state index >= 15 is 0 Å². The summed E-state index contributed by atoms with van der Waals surface area (Å²) in [7, 11) is 0. The van der Waals surface area contributed by atoms with Gasteiger partial charge in [0.2, 0.25) is 0 Å². The van der Waals surface area contributed by atoms with Crippen LogP contribution in [0.4, 0.5) is 0 Å². The molecule has 1 aliphatic heterocycles. The van der Waals surface area contributed by atoms with E-state index in [2.05, 4.69) is 6.92 Å². The molecule has 0 bridgehead atoms. The maximum Gasteiger partial charge on any atom is 0.264 e. The zero-order valence-electron chi connectivity index (χ0n) is 12.0. The topological polar surface area (TPSA) is 20.3 Å². The Morgan fingerprint density at radius 3 is 2.90 bits per heavy atom. The molecule has 1 atom stereocenters. The van der Waals surface area contributed by atoms with Gasteiger partial charge in [0.15, 0.2) is 0 Å². The highest BCUT2D eigenvalue weighted by molar-refractivity contribution is 7.17. The van der Waals surface area contributed by atoms with Crippen molar-refractivity contribution in [1.82, 2.24) is 4.90 Å². The molecule has 1 aromatic heterocycles. The Labute approximate surface area is 134 Å². The second-order valence-corrected chi connectivity index (χ2v) is 7.04. The minimum atomic E-state index is 0.167. The van der Waals surface area contributed by atoms with Gasteiger partial charge in [-0.25, -0.2) is 0 Å². The Bertz CT molecular complexity index is 652. The van der Waals surface area contributed by atoms with Crippen LogP contribution in [0.15, 0.2) is 36.4 Å². The molecule has 2 aromatic rings. The maximum atomic E-state index is 12.6. The number of benzene rings is 1. The third-order valence-electron chi connectivity index (χ3n) is 3.99. The van der Waals surface area contributed by atoms with Crippen LogP contribution in [-0.2, 0) is 0 Å². The molecule has 2 heterocycles. The van der Waals surface area contributed by atoms with Gasteiger partial charge in [-0.2, -0.15) is 0 Å². The SMILES string of the molecule is C[C@H]1CCCCN1C(=O)c1ccc(-c2cccc(Cl)c2)s1. The Balaban J connectivity index is 1.83. The first kappa shape index (κ1) is 14.6. The van der Waals surface area contributed by atoms with Gasteiger partial charge in [0.25, 0.3) is 5.91 Å². The molecule has 0 N–H and O–H groups in total. The van der Waals surface area contributed by atoms with Gasteiger partial charge in [-0.3, -0.25) is 4.79 Å². The molecule has 1 fully saturated rings. The first-order valence-corrected chi connectivity index (χ1v) is 8.51. The van der Waals surface area contributed by atoms with Gasteiger partial charge in [0.1, 0.15) is 0 Å². The zero-order chi connectivity index (χ0) is 14.8. The largest absolute Gasteiger partial charge is 0.335 e. The van der Waals surface area contributed by atoms with Crippen LogP contribution in [0.25, 0.3) is 10.4 Å². The van der Waals surface area contributed by atoms with Crippen LogP contribution in [0.1, 0.15) is 35.9 Å². The van der Waals surface area contributed by atoms with Crippen LogP contribution in [0, 0.1) is 0 Å². The molecular weight excluding hydrogens is 302 g/mol. The highest BCUT2D eigenvalue weighted by atomic mass is 35.5. The summed E-state index contributed by atoms with van der Waals surface area (Å²) in [6.07, 6.45) is 3.45. The van der Waals surface area contributed by atoms with E-state index in [1.54, 1.807) is 11.3 Å².